The predicted octanol–water partition coefficient (Wildman–Crippen LogP) is 2.27. The van der Waals surface area contributed by atoms with E-state index in [4.69, 9.17) is 9.47 Å². The van der Waals surface area contributed by atoms with Crippen molar-refractivity contribution < 1.29 is 27.5 Å². The molecule has 0 bridgehead atoms. The Labute approximate surface area is 158 Å². The molecule has 144 valence electrons. The van der Waals surface area contributed by atoms with Gasteiger partial charge in [-0.15, -0.1) is 0 Å². The third kappa shape index (κ3) is 5.82. The van der Waals surface area contributed by atoms with Crippen LogP contribution in [-0.2, 0) is 24.2 Å². The number of carbonyl (C=O) groups excluding carboxylic acids is 2. The summed E-state index contributed by atoms with van der Waals surface area (Å²) in [4.78, 5) is 23.7. The van der Waals surface area contributed by atoms with Crippen molar-refractivity contribution in [1.82, 2.24) is 0 Å². The van der Waals surface area contributed by atoms with Crippen LogP contribution in [0.4, 0.5) is 5.69 Å². The monoisotopic (exact) mass is 391 g/mol. The first-order chi connectivity index (χ1) is 12.7. The largest absolute Gasteiger partial charge is 0.481 e. The number of para-hydroxylation sites is 2. The van der Waals surface area contributed by atoms with Crippen molar-refractivity contribution in [3.8, 4) is 5.75 Å². The number of esters is 1. The summed E-state index contributed by atoms with van der Waals surface area (Å²) in [7, 11) is -3.50. The number of hydrogen-bond acceptors (Lipinski definition) is 6. The van der Waals surface area contributed by atoms with Gasteiger partial charge in [0.1, 0.15) is 5.75 Å². The molecule has 0 aliphatic carbocycles. The predicted molar refractivity (Wildman–Crippen MR) is 101 cm³/mol. The van der Waals surface area contributed by atoms with E-state index in [9.17, 15) is 18.0 Å². The maximum absolute atomic E-state index is 12.0. The highest BCUT2D eigenvalue weighted by Crippen LogP contribution is 2.22. The zero-order chi connectivity index (χ0) is 20.0. The molecule has 7 nitrogen and oxygen atoms in total. The first kappa shape index (κ1) is 20.4. The lowest BCUT2D eigenvalue weighted by Crippen LogP contribution is -2.24. The first-order valence-corrected chi connectivity index (χ1v) is 10.0. The van der Waals surface area contributed by atoms with Crippen LogP contribution in [-0.4, -0.2) is 39.8 Å². The Morgan fingerprint density at radius 3 is 2.22 bits per heavy atom. The molecule has 0 saturated heterocycles. The molecule has 0 aromatic heterocycles. The smallest absolute Gasteiger partial charge is 0.344 e. The number of aryl methyl sites for hydroxylation is 2. The Kier molecular flexibility index (Phi) is 6.57. The van der Waals surface area contributed by atoms with Crippen molar-refractivity contribution in [2.24, 2.45) is 0 Å². The number of hydrogen-bond donors (Lipinski definition) is 1. The van der Waals surface area contributed by atoms with Crippen molar-refractivity contribution in [1.29, 1.82) is 0 Å². The lowest BCUT2D eigenvalue weighted by atomic mass is 10.1. The van der Waals surface area contributed by atoms with Gasteiger partial charge in [-0.2, -0.15) is 0 Å². The highest BCUT2D eigenvalue weighted by atomic mass is 32.2. The topological polar surface area (TPSA) is 98.8 Å². The molecule has 0 spiro atoms. The van der Waals surface area contributed by atoms with Gasteiger partial charge in [-0.25, -0.2) is 13.2 Å². The number of ether oxygens (including phenoxy) is 2. The first-order valence-electron chi connectivity index (χ1n) is 8.12. The lowest BCUT2D eigenvalue weighted by molar-refractivity contribution is -0.149. The van der Waals surface area contributed by atoms with Crippen molar-refractivity contribution in [3.05, 3.63) is 53.6 Å². The molecule has 27 heavy (non-hydrogen) atoms. The molecule has 0 aliphatic heterocycles. The van der Waals surface area contributed by atoms with Gasteiger partial charge >= 0.3 is 5.97 Å². The molecule has 0 saturated carbocycles. The van der Waals surface area contributed by atoms with E-state index in [1.807, 2.05) is 32.0 Å². The van der Waals surface area contributed by atoms with E-state index in [2.05, 4.69) is 5.32 Å². The van der Waals surface area contributed by atoms with Gasteiger partial charge in [-0.05, 0) is 37.1 Å². The Bertz CT molecular complexity index is 932. The van der Waals surface area contributed by atoms with Gasteiger partial charge in [-0.1, -0.05) is 30.3 Å². The third-order valence-corrected chi connectivity index (χ3v) is 4.82. The molecule has 0 aliphatic rings. The third-order valence-electron chi connectivity index (χ3n) is 3.67. The SMILES string of the molecule is Cc1cccc(C)c1OCC(=O)OCC(=O)Nc1ccccc1S(C)(=O)=O. The van der Waals surface area contributed by atoms with Crippen LogP contribution in [0.25, 0.3) is 0 Å². The Morgan fingerprint density at radius 1 is 0.963 bits per heavy atom. The van der Waals surface area contributed by atoms with Gasteiger partial charge < -0.3 is 14.8 Å². The van der Waals surface area contributed by atoms with Gasteiger partial charge in [0, 0.05) is 6.26 Å². The molecule has 0 unspecified atom stereocenters. The molecule has 2 aromatic carbocycles. The molecule has 2 aromatic rings. The minimum Gasteiger partial charge on any atom is -0.481 e. The standard InChI is InChI=1S/C19H21NO6S/c1-13-7-6-8-14(2)19(13)26-12-18(22)25-11-17(21)20-15-9-4-5-10-16(15)27(3,23)24/h4-10H,11-12H2,1-3H3,(H,20,21). The summed E-state index contributed by atoms with van der Waals surface area (Å²) in [6, 6.07) is 11.6. The van der Waals surface area contributed by atoms with Crippen molar-refractivity contribution in [2.75, 3.05) is 24.8 Å². The van der Waals surface area contributed by atoms with Crippen LogP contribution >= 0.6 is 0 Å². The van der Waals surface area contributed by atoms with Crippen molar-refractivity contribution in [2.45, 2.75) is 18.7 Å². The molecule has 0 atom stereocenters. The van der Waals surface area contributed by atoms with E-state index < -0.39 is 28.3 Å². The number of benzene rings is 2. The Hall–Kier alpha value is -2.87. The molecular weight excluding hydrogens is 370 g/mol. The van der Waals surface area contributed by atoms with Crippen molar-refractivity contribution in [3.63, 3.8) is 0 Å². The maximum atomic E-state index is 12.0. The number of nitrogens with one attached hydrogen (secondary N) is 1. The van der Waals surface area contributed by atoms with E-state index in [0.717, 1.165) is 17.4 Å². The molecule has 1 amide bonds. The number of anilines is 1. The second-order valence-electron chi connectivity index (χ2n) is 5.99. The van der Waals surface area contributed by atoms with Crippen LogP contribution in [0.5, 0.6) is 5.75 Å². The molecule has 2 rings (SSSR count). The number of amides is 1. The summed E-state index contributed by atoms with van der Waals surface area (Å²) in [5.41, 5.74) is 1.91. The van der Waals surface area contributed by atoms with E-state index >= 15 is 0 Å². The van der Waals surface area contributed by atoms with E-state index in [0.29, 0.717) is 5.75 Å². The molecule has 8 heteroatoms. The van der Waals surface area contributed by atoms with Gasteiger partial charge in [0.25, 0.3) is 5.91 Å². The van der Waals surface area contributed by atoms with E-state index in [1.54, 1.807) is 12.1 Å². The number of sulfone groups is 1. The van der Waals surface area contributed by atoms with Gasteiger partial charge in [-0.3, -0.25) is 4.79 Å². The van der Waals surface area contributed by atoms with Gasteiger partial charge in [0.05, 0.1) is 10.6 Å². The minimum atomic E-state index is -3.50. The normalized spacial score (nSPS) is 10.9. The average Bonchev–Trinajstić information content (AvgIpc) is 2.59. The molecule has 0 radical (unpaired) electrons. The van der Waals surface area contributed by atoms with Gasteiger partial charge in [0.2, 0.25) is 0 Å². The fourth-order valence-electron chi connectivity index (χ4n) is 2.43. The highest BCUT2D eigenvalue weighted by Gasteiger charge is 2.16. The summed E-state index contributed by atoms with van der Waals surface area (Å²) < 4.78 is 33.8. The molecule has 0 fully saturated rings. The number of carbonyl (C=O) groups is 2. The van der Waals surface area contributed by atoms with Crippen LogP contribution < -0.4 is 10.1 Å². The maximum Gasteiger partial charge on any atom is 0.344 e. The van der Waals surface area contributed by atoms with Crippen LogP contribution in [0.15, 0.2) is 47.4 Å². The Morgan fingerprint density at radius 2 is 1.59 bits per heavy atom. The fourth-order valence-corrected chi connectivity index (χ4v) is 3.27. The molecule has 1 N–H and O–H groups in total. The summed E-state index contributed by atoms with van der Waals surface area (Å²) in [6.07, 6.45) is 1.04. The lowest BCUT2D eigenvalue weighted by Gasteiger charge is -2.12. The fraction of sp³-hybridized carbons (Fsp3) is 0.263. The van der Waals surface area contributed by atoms with E-state index in [1.165, 1.54) is 12.1 Å². The highest BCUT2D eigenvalue weighted by molar-refractivity contribution is 7.90. The summed E-state index contributed by atoms with van der Waals surface area (Å²) >= 11 is 0. The van der Waals surface area contributed by atoms with Crippen LogP contribution in [0.2, 0.25) is 0 Å². The summed E-state index contributed by atoms with van der Waals surface area (Å²) in [6.45, 7) is 2.84. The van der Waals surface area contributed by atoms with Crippen LogP contribution in [0, 0.1) is 13.8 Å². The Balaban J connectivity index is 1.88. The minimum absolute atomic E-state index is 0.0111. The second kappa shape index (κ2) is 8.68. The zero-order valence-corrected chi connectivity index (χ0v) is 16.1. The second-order valence-corrected chi connectivity index (χ2v) is 7.97. The van der Waals surface area contributed by atoms with Crippen molar-refractivity contribution >= 4 is 27.4 Å². The van der Waals surface area contributed by atoms with Gasteiger partial charge in [0.15, 0.2) is 23.1 Å². The van der Waals surface area contributed by atoms with Crippen LogP contribution in [0.1, 0.15) is 11.1 Å². The quantitative estimate of drug-likeness (QED) is 0.727. The summed E-state index contributed by atoms with van der Waals surface area (Å²) in [5, 5.41) is 2.43. The number of rotatable bonds is 7. The average molecular weight is 391 g/mol. The van der Waals surface area contributed by atoms with Crippen LogP contribution in [0.3, 0.4) is 0 Å². The zero-order valence-electron chi connectivity index (χ0n) is 15.3. The van der Waals surface area contributed by atoms with E-state index in [-0.39, 0.29) is 17.2 Å². The summed E-state index contributed by atoms with van der Waals surface area (Å²) in [5.74, 6) is -0.753. The molecule has 0 heterocycles. The molecular formula is C19H21NO6S.